The predicted octanol–water partition coefficient (Wildman–Crippen LogP) is 3.35. The van der Waals surface area contributed by atoms with Crippen molar-refractivity contribution in [1.82, 2.24) is 4.72 Å². The van der Waals surface area contributed by atoms with Crippen LogP contribution in [-0.2, 0) is 14.8 Å². The molecule has 2 aliphatic heterocycles. The molecule has 2 N–H and O–H groups in total. The van der Waals surface area contributed by atoms with Crippen LogP contribution in [0.2, 0.25) is 0 Å². The lowest BCUT2D eigenvalue weighted by Crippen LogP contribution is -2.60. The van der Waals surface area contributed by atoms with Crippen LogP contribution in [0.25, 0.3) is 0 Å². The van der Waals surface area contributed by atoms with Crippen LogP contribution in [0, 0.1) is 6.92 Å². The van der Waals surface area contributed by atoms with Gasteiger partial charge >= 0.3 is 0 Å². The molecule has 166 valence electrons. The number of ether oxygens (including phenoxy) is 2. The number of nitrogens with zero attached hydrogens (tertiary/aromatic N) is 1. The van der Waals surface area contributed by atoms with Crippen LogP contribution in [0.4, 0.5) is 11.4 Å². The van der Waals surface area contributed by atoms with Gasteiger partial charge in [0.15, 0.2) is 11.5 Å². The number of aliphatic hydroxyl groups is 1. The van der Waals surface area contributed by atoms with Gasteiger partial charge in [0.05, 0.1) is 47.7 Å². The highest BCUT2D eigenvalue weighted by molar-refractivity contribution is 7.89. The van der Waals surface area contributed by atoms with Crippen molar-refractivity contribution in [3.63, 3.8) is 0 Å². The Morgan fingerprint density at radius 3 is 2.25 bits per heavy atom. The van der Waals surface area contributed by atoms with Crippen molar-refractivity contribution in [3.8, 4) is 11.5 Å². The molecule has 8 heteroatoms. The molecule has 0 aromatic heterocycles. The third-order valence-corrected chi connectivity index (χ3v) is 7.29. The van der Waals surface area contributed by atoms with E-state index >= 15 is 0 Å². The first-order chi connectivity index (χ1) is 15.4. The van der Waals surface area contributed by atoms with Crippen LogP contribution in [0.15, 0.2) is 77.7 Å². The summed E-state index contributed by atoms with van der Waals surface area (Å²) >= 11 is 0. The van der Waals surface area contributed by atoms with E-state index in [4.69, 9.17) is 9.47 Å². The highest BCUT2D eigenvalue weighted by atomic mass is 32.2. The Balaban J connectivity index is 1.47. The number of rotatable bonds is 4. The zero-order valence-corrected chi connectivity index (χ0v) is 18.3. The summed E-state index contributed by atoms with van der Waals surface area (Å²) in [6.45, 7) is 2.16. The maximum atomic E-state index is 13.0. The number of aryl methyl sites for hydroxylation is 1. The quantitative estimate of drug-likeness (QED) is 0.631. The molecule has 0 aliphatic carbocycles. The van der Waals surface area contributed by atoms with Gasteiger partial charge in [-0.2, -0.15) is 0 Å². The Labute approximate surface area is 187 Å². The zero-order valence-electron chi connectivity index (χ0n) is 17.5. The van der Waals surface area contributed by atoms with Crippen molar-refractivity contribution in [2.75, 3.05) is 18.1 Å². The molecule has 3 aromatic carbocycles. The van der Waals surface area contributed by atoms with Gasteiger partial charge in [-0.15, -0.1) is 0 Å². The van der Waals surface area contributed by atoms with Crippen LogP contribution < -0.4 is 14.4 Å². The van der Waals surface area contributed by atoms with Gasteiger partial charge < -0.3 is 19.5 Å². The van der Waals surface area contributed by atoms with Crippen molar-refractivity contribution < 1.29 is 23.0 Å². The first-order valence-electron chi connectivity index (χ1n) is 10.4. The Morgan fingerprint density at radius 1 is 0.938 bits per heavy atom. The Bertz CT molecular complexity index is 1200. The molecule has 0 unspecified atom stereocenters. The van der Waals surface area contributed by atoms with Crippen LogP contribution in [0.1, 0.15) is 5.56 Å². The van der Waals surface area contributed by atoms with Gasteiger partial charge in [0.2, 0.25) is 10.0 Å². The molecule has 1 saturated heterocycles. The van der Waals surface area contributed by atoms with Gasteiger partial charge in [-0.25, -0.2) is 13.1 Å². The molecule has 0 bridgehead atoms. The number of hydrogen-bond donors (Lipinski definition) is 2. The fraction of sp³-hybridized carbons (Fsp3) is 0.250. The molecule has 7 nitrogen and oxygen atoms in total. The number of hydrogen-bond acceptors (Lipinski definition) is 6. The Morgan fingerprint density at radius 2 is 1.59 bits per heavy atom. The van der Waals surface area contributed by atoms with Gasteiger partial charge in [0, 0.05) is 0 Å². The number of nitrogens with one attached hydrogen (secondary N) is 1. The molecule has 3 atom stereocenters. The third kappa shape index (κ3) is 3.75. The molecule has 2 heterocycles. The van der Waals surface area contributed by atoms with Crippen LogP contribution in [0.3, 0.4) is 0 Å². The number of aliphatic hydroxyl groups excluding tert-OH is 1. The second-order valence-corrected chi connectivity index (χ2v) is 9.76. The van der Waals surface area contributed by atoms with Gasteiger partial charge in [-0.05, 0) is 48.9 Å². The molecule has 32 heavy (non-hydrogen) atoms. The van der Waals surface area contributed by atoms with Crippen LogP contribution in [-0.4, -0.2) is 44.9 Å². The van der Waals surface area contributed by atoms with Crippen molar-refractivity contribution in [2.45, 2.75) is 30.0 Å². The van der Waals surface area contributed by atoms with E-state index in [1.807, 2.05) is 66.4 Å². The van der Waals surface area contributed by atoms with Crippen molar-refractivity contribution in [1.29, 1.82) is 0 Å². The van der Waals surface area contributed by atoms with Gasteiger partial charge in [0.25, 0.3) is 0 Å². The van der Waals surface area contributed by atoms with Crippen molar-refractivity contribution in [3.05, 3.63) is 78.4 Å². The third-order valence-electron chi connectivity index (χ3n) is 5.80. The van der Waals surface area contributed by atoms with Crippen molar-refractivity contribution >= 4 is 21.4 Å². The molecule has 2 aliphatic rings. The summed E-state index contributed by atoms with van der Waals surface area (Å²) in [5.74, 6) is 1.33. The van der Waals surface area contributed by atoms with Crippen LogP contribution in [0.5, 0.6) is 11.5 Å². The van der Waals surface area contributed by atoms with E-state index in [1.165, 1.54) is 6.07 Å². The highest BCUT2D eigenvalue weighted by Gasteiger charge is 2.41. The normalized spacial score (nSPS) is 22.6. The molecular weight excluding hydrogens is 428 g/mol. The molecule has 5 rings (SSSR count). The minimum atomic E-state index is -3.82. The molecule has 0 saturated carbocycles. The summed E-state index contributed by atoms with van der Waals surface area (Å²) in [7, 11) is -3.82. The van der Waals surface area contributed by atoms with E-state index in [9.17, 15) is 13.5 Å². The van der Waals surface area contributed by atoms with Gasteiger partial charge in [0.1, 0.15) is 0 Å². The van der Waals surface area contributed by atoms with E-state index in [1.54, 1.807) is 12.1 Å². The molecule has 1 fully saturated rings. The molecule has 0 amide bonds. The fourth-order valence-corrected chi connectivity index (χ4v) is 5.59. The Kier molecular flexibility index (Phi) is 5.38. The van der Waals surface area contributed by atoms with E-state index in [2.05, 4.69) is 4.72 Å². The maximum absolute atomic E-state index is 13.0. The maximum Gasteiger partial charge on any atom is 0.240 e. The predicted molar refractivity (Wildman–Crippen MR) is 121 cm³/mol. The lowest BCUT2D eigenvalue weighted by molar-refractivity contribution is -0.0244. The number of para-hydroxylation sites is 4. The number of anilines is 2. The van der Waals surface area contributed by atoms with Gasteiger partial charge in [-0.3, -0.25) is 0 Å². The second-order valence-electron chi connectivity index (χ2n) is 8.05. The second kappa shape index (κ2) is 8.22. The summed E-state index contributed by atoms with van der Waals surface area (Å²) < 4.78 is 40.4. The van der Waals surface area contributed by atoms with Crippen molar-refractivity contribution in [2.24, 2.45) is 0 Å². The SMILES string of the molecule is Cc1cccc(S(=O)(=O)N[C@@H]2COC[C@H](N3c4ccccc4Oc4ccccc43)[C@H]2O)c1. The standard InChI is InChI=1S/C24H24N2O5S/c1-16-7-6-8-17(13-16)32(28,29)25-18-14-30-15-21(24(18)27)26-19-9-2-4-11-22(19)31-23-12-5-3-10-20(23)26/h2-13,18,21,24-25,27H,14-15H2,1H3/t18-,21+,24+/m1/s1. The summed E-state index contributed by atoms with van der Waals surface area (Å²) in [6, 6.07) is 20.5. The zero-order chi connectivity index (χ0) is 22.3. The number of fused-ring (bicyclic) bond motifs is 2. The molecule has 0 spiro atoms. The lowest BCUT2D eigenvalue weighted by atomic mass is 9.98. The highest BCUT2D eigenvalue weighted by Crippen LogP contribution is 2.48. The summed E-state index contributed by atoms with van der Waals surface area (Å²) in [6.07, 6.45) is -1.01. The first-order valence-corrected chi connectivity index (χ1v) is 11.9. The Hall–Kier alpha value is -2.91. The minimum absolute atomic E-state index is 0.0797. The summed E-state index contributed by atoms with van der Waals surface area (Å²) in [4.78, 5) is 2.14. The fourth-order valence-electron chi connectivity index (χ4n) is 4.25. The lowest BCUT2D eigenvalue weighted by Gasteiger charge is -2.44. The molecule has 0 radical (unpaired) electrons. The van der Waals surface area contributed by atoms with E-state index in [-0.39, 0.29) is 18.1 Å². The minimum Gasteiger partial charge on any atom is -0.453 e. The first kappa shape index (κ1) is 21.0. The van der Waals surface area contributed by atoms with Gasteiger partial charge in [-0.1, -0.05) is 36.4 Å². The smallest absolute Gasteiger partial charge is 0.240 e. The van der Waals surface area contributed by atoms with E-state index in [0.29, 0.717) is 11.5 Å². The van der Waals surface area contributed by atoms with Crippen LogP contribution >= 0.6 is 0 Å². The average Bonchev–Trinajstić information content (AvgIpc) is 2.79. The largest absolute Gasteiger partial charge is 0.453 e. The number of sulfonamides is 1. The summed E-state index contributed by atoms with van der Waals surface area (Å²) in [5, 5.41) is 11.3. The average molecular weight is 453 g/mol. The summed E-state index contributed by atoms with van der Waals surface area (Å²) in [5.41, 5.74) is 2.43. The number of benzene rings is 3. The topological polar surface area (TPSA) is 88.1 Å². The monoisotopic (exact) mass is 452 g/mol. The van der Waals surface area contributed by atoms with E-state index in [0.717, 1.165) is 16.9 Å². The molecule has 3 aromatic rings. The molecular formula is C24H24N2O5S. The van der Waals surface area contributed by atoms with E-state index < -0.39 is 28.2 Å².